The molecular formula is C6H12BF4N2S-. The van der Waals surface area contributed by atoms with Gasteiger partial charge in [0, 0.05) is 31.7 Å². The molecule has 1 aliphatic rings. The fourth-order valence-corrected chi connectivity index (χ4v) is 1.12. The third-order valence-electron chi connectivity index (χ3n) is 1.32. The van der Waals surface area contributed by atoms with Gasteiger partial charge in [-0.2, -0.15) is 12.6 Å². The van der Waals surface area contributed by atoms with Crippen LogP contribution in [0.2, 0.25) is 0 Å². The van der Waals surface area contributed by atoms with Crippen molar-refractivity contribution in [3.63, 3.8) is 0 Å². The highest BCUT2D eigenvalue weighted by molar-refractivity contribution is 7.80. The summed E-state index contributed by atoms with van der Waals surface area (Å²) >= 11 is 4.13. The van der Waals surface area contributed by atoms with Gasteiger partial charge in [0.2, 0.25) is 0 Å². The molecule has 0 radical (unpaired) electrons. The molecule has 0 spiro atoms. The van der Waals surface area contributed by atoms with Crippen LogP contribution in [0.1, 0.15) is 0 Å². The molecular weight excluding hydrogens is 219 g/mol. The lowest BCUT2D eigenvalue weighted by molar-refractivity contribution is 0.310. The summed E-state index contributed by atoms with van der Waals surface area (Å²) in [5.41, 5.74) is 0. The molecule has 1 rings (SSSR count). The van der Waals surface area contributed by atoms with Crippen LogP contribution in [0.3, 0.4) is 0 Å². The average Bonchev–Trinajstić information content (AvgIpc) is 2.32. The zero-order valence-electron chi connectivity index (χ0n) is 7.71. The van der Waals surface area contributed by atoms with Crippen molar-refractivity contribution in [2.75, 3.05) is 26.0 Å². The molecule has 0 fully saturated rings. The molecule has 0 aromatic heterocycles. The number of rotatable bonds is 2. The third kappa shape index (κ3) is 9.56. The Morgan fingerprint density at radius 2 is 1.79 bits per heavy atom. The van der Waals surface area contributed by atoms with E-state index in [9.17, 15) is 17.3 Å². The van der Waals surface area contributed by atoms with Crippen molar-refractivity contribution < 1.29 is 17.3 Å². The number of hydrogen-bond acceptors (Lipinski definition) is 3. The number of hydrogen-bond donors (Lipinski definition) is 1. The lowest BCUT2D eigenvalue weighted by Gasteiger charge is -2.16. The van der Waals surface area contributed by atoms with Crippen LogP contribution in [-0.2, 0) is 0 Å². The Bertz CT molecular complexity index is 181. The van der Waals surface area contributed by atoms with Gasteiger partial charge in [0.05, 0.1) is 6.67 Å². The van der Waals surface area contributed by atoms with E-state index >= 15 is 0 Å². The first-order chi connectivity index (χ1) is 6.33. The smallest absolute Gasteiger partial charge is 0.418 e. The Kier molecular flexibility index (Phi) is 5.82. The molecule has 84 valence electrons. The predicted octanol–water partition coefficient (Wildman–Crippen LogP) is 1.89. The van der Waals surface area contributed by atoms with E-state index < -0.39 is 7.25 Å². The van der Waals surface area contributed by atoms with Gasteiger partial charge in [-0.3, -0.25) is 0 Å². The molecule has 0 aromatic rings. The van der Waals surface area contributed by atoms with Crippen LogP contribution >= 0.6 is 12.6 Å². The van der Waals surface area contributed by atoms with Gasteiger partial charge in [-0.15, -0.1) is 0 Å². The second-order valence-electron chi connectivity index (χ2n) is 2.73. The largest absolute Gasteiger partial charge is 0.673 e. The molecule has 2 nitrogen and oxygen atoms in total. The Morgan fingerprint density at radius 1 is 1.29 bits per heavy atom. The maximum absolute atomic E-state index is 9.75. The van der Waals surface area contributed by atoms with E-state index in [2.05, 4.69) is 41.9 Å². The van der Waals surface area contributed by atoms with Gasteiger partial charge >= 0.3 is 7.25 Å². The van der Waals surface area contributed by atoms with Crippen LogP contribution in [0.25, 0.3) is 0 Å². The molecule has 0 aliphatic carbocycles. The lowest BCUT2D eigenvalue weighted by atomic mass is 10.3. The molecule has 0 amide bonds. The number of halogens is 4. The van der Waals surface area contributed by atoms with Gasteiger partial charge in [-0.05, 0) is 0 Å². The molecule has 0 unspecified atom stereocenters. The highest BCUT2D eigenvalue weighted by atomic mass is 32.1. The van der Waals surface area contributed by atoms with Crippen LogP contribution in [0.15, 0.2) is 12.4 Å². The molecule has 0 atom stereocenters. The zero-order valence-corrected chi connectivity index (χ0v) is 8.60. The standard InChI is InChI=1S/C6H12N2S.BF4/c1-7-2-3-8(6-7)4-5-9;2-1(3,4)5/h2-3,9H,4-6H2,1H3;/q;-1. The first-order valence-electron chi connectivity index (χ1n) is 3.93. The summed E-state index contributed by atoms with van der Waals surface area (Å²) in [6.45, 7) is 2.06. The van der Waals surface area contributed by atoms with Gasteiger partial charge in [-0.25, -0.2) is 0 Å². The Morgan fingerprint density at radius 3 is 2.07 bits per heavy atom. The Balaban J connectivity index is 0.000000292. The van der Waals surface area contributed by atoms with Gasteiger partial charge < -0.3 is 27.1 Å². The van der Waals surface area contributed by atoms with E-state index in [1.165, 1.54) is 0 Å². The van der Waals surface area contributed by atoms with Crippen molar-refractivity contribution in [2.45, 2.75) is 0 Å². The summed E-state index contributed by atoms with van der Waals surface area (Å²) in [4.78, 5) is 4.37. The second-order valence-corrected chi connectivity index (χ2v) is 3.17. The maximum Gasteiger partial charge on any atom is 0.673 e. The topological polar surface area (TPSA) is 6.48 Å². The highest BCUT2D eigenvalue weighted by Gasteiger charge is 2.20. The first-order valence-corrected chi connectivity index (χ1v) is 4.57. The van der Waals surface area contributed by atoms with Crippen LogP contribution in [-0.4, -0.2) is 43.1 Å². The van der Waals surface area contributed by atoms with E-state index in [0.29, 0.717) is 0 Å². The third-order valence-corrected chi connectivity index (χ3v) is 1.52. The van der Waals surface area contributed by atoms with Crippen LogP contribution in [0.5, 0.6) is 0 Å². The molecule has 0 saturated carbocycles. The monoisotopic (exact) mass is 231 g/mol. The van der Waals surface area contributed by atoms with Gasteiger partial charge in [0.25, 0.3) is 0 Å². The van der Waals surface area contributed by atoms with E-state index in [1.54, 1.807) is 0 Å². The van der Waals surface area contributed by atoms with Crippen molar-refractivity contribution in [2.24, 2.45) is 0 Å². The molecule has 1 heterocycles. The van der Waals surface area contributed by atoms with Gasteiger partial charge in [0.1, 0.15) is 0 Å². The minimum Gasteiger partial charge on any atom is -0.418 e. The van der Waals surface area contributed by atoms with Gasteiger partial charge in [-0.1, -0.05) is 0 Å². The fraction of sp³-hybridized carbons (Fsp3) is 0.667. The lowest BCUT2D eigenvalue weighted by Crippen LogP contribution is -2.23. The average molecular weight is 231 g/mol. The Hall–Kier alpha value is -0.525. The van der Waals surface area contributed by atoms with E-state index in [-0.39, 0.29) is 0 Å². The summed E-state index contributed by atoms with van der Waals surface area (Å²) in [6, 6.07) is 0. The molecule has 0 saturated heterocycles. The van der Waals surface area contributed by atoms with Crippen molar-refractivity contribution >= 4 is 19.9 Å². The van der Waals surface area contributed by atoms with E-state index in [0.717, 1.165) is 19.0 Å². The summed E-state index contributed by atoms with van der Waals surface area (Å²) in [5.74, 6) is 0.929. The predicted molar refractivity (Wildman–Crippen MR) is 52.5 cm³/mol. The molecule has 0 N–H and O–H groups in total. The van der Waals surface area contributed by atoms with Crippen molar-refractivity contribution in [3.05, 3.63) is 12.4 Å². The zero-order chi connectivity index (χ0) is 11.2. The minimum absolute atomic E-state index is 0.929. The Labute approximate surface area is 86.1 Å². The van der Waals surface area contributed by atoms with E-state index in [4.69, 9.17) is 0 Å². The SMILES string of the molecule is CN1C=CN(CCS)C1.F[B-](F)(F)F. The van der Waals surface area contributed by atoms with Crippen molar-refractivity contribution in [1.29, 1.82) is 0 Å². The van der Waals surface area contributed by atoms with Crippen LogP contribution in [0, 0.1) is 0 Å². The van der Waals surface area contributed by atoms with Crippen LogP contribution in [0.4, 0.5) is 17.3 Å². The van der Waals surface area contributed by atoms with Crippen LogP contribution < -0.4 is 0 Å². The molecule has 0 aromatic carbocycles. The molecule has 14 heavy (non-hydrogen) atoms. The van der Waals surface area contributed by atoms with E-state index in [1.807, 2.05) is 0 Å². The summed E-state index contributed by atoms with van der Waals surface area (Å²) in [5, 5.41) is 0. The maximum atomic E-state index is 9.75. The summed E-state index contributed by atoms with van der Waals surface area (Å²) in [6.07, 6.45) is 4.17. The van der Waals surface area contributed by atoms with Crippen molar-refractivity contribution in [3.8, 4) is 0 Å². The first kappa shape index (κ1) is 13.5. The molecule has 8 heteroatoms. The normalized spacial score (nSPS) is 15.6. The van der Waals surface area contributed by atoms with Crippen molar-refractivity contribution in [1.82, 2.24) is 9.80 Å². The highest BCUT2D eigenvalue weighted by Crippen LogP contribution is 2.06. The summed E-state index contributed by atoms with van der Waals surface area (Å²) < 4.78 is 39.0. The quantitative estimate of drug-likeness (QED) is 0.440. The van der Waals surface area contributed by atoms with Gasteiger partial charge in [0.15, 0.2) is 0 Å². The molecule has 1 aliphatic heterocycles. The second kappa shape index (κ2) is 6.05. The molecule has 0 bridgehead atoms. The fourth-order valence-electron chi connectivity index (χ4n) is 0.863. The number of nitrogens with zero attached hydrogens (tertiary/aromatic N) is 2. The minimum atomic E-state index is -6.00. The number of thiol groups is 1. The summed E-state index contributed by atoms with van der Waals surface area (Å²) in [7, 11) is -3.94.